The molecule has 2 aromatic rings. The molecule has 1 aromatic carbocycles. The van der Waals surface area contributed by atoms with Crippen molar-refractivity contribution in [3.8, 4) is 11.6 Å². The highest BCUT2D eigenvalue weighted by atomic mass is 19.4. The Labute approximate surface area is 120 Å². The molecule has 0 aliphatic rings. The lowest BCUT2D eigenvalue weighted by Gasteiger charge is -2.11. The monoisotopic (exact) mass is 296 g/mol. The fourth-order valence-corrected chi connectivity index (χ4v) is 1.73. The molecule has 112 valence electrons. The summed E-state index contributed by atoms with van der Waals surface area (Å²) in [4.78, 5) is 4.11. The number of halogens is 3. The third-order valence-corrected chi connectivity index (χ3v) is 2.81. The Balaban J connectivity index is 2.15. The smallest absolute Gasteiger partial charge is 0.416 e. The number of rotatable bonds is 5. The average Bonchev–Trinajstić information content (AvgIpc) is 2.46. The van der Waals surface area contributed by atoms with Crippen LogP contribution in [0.5, 0.6) is 11.6 Å². The third-order valence-electron chi connectivity index (χ3n) is 2.81. The van der Waals surface area contributed by atoms with Crippen LogP contribution in [0, 0.1) is 0 Å². The minimum absolute atomic E-state index is 0.319. The first-order valence-corrected chi connectivity index (χ1v) is 6.50. The molecular weight excluding hydrogens is 281 g/mol. The molecular formula is C15H15F3N2O. The summed E-state index contributed by atoms with van der Waals surface area (Å²) in [7, 11) is 0. The Morgan fingerprint density at radius 2 is 1.86 bits per heavy atom. The van der Waals surface area contributed by atoms with Crippen LogP contribution in [0.15, 0.2) is 42.6 Å². The number of hydrogen-bond acceptors (Lipinski definition) is 3. The van der Waals surface area contributed by atoms with Crippen molar-refractivity contribution in [2.24, 2.45) is 0 Å². The number of pyridine rings is 1. The van der Waals surface area contributed by atoms with Crippen LogP contribution in [-0.2, 0) is 12.7 Å². The van der Waals surface area contributed by atoms with Gasteiger partial charge in [0.15, 0.2) is 0 Å². The Morgan fingerprint density at radius 1 is 1.14 bits per heavy atom. The van der Waals surface area contributed by atoms with Crippen molar-refractivity contribution >= 4 is 0 Å². The number of hydrogen-bond donors (Lipinski definition) is 1. The van der Waals surface area contributed by atoms with Crippen LogP contribution in [0.2, 0.25) is 0 Å². The lowest BCUT2D eigenvalue weighted by atomic mass is 10.2. The topological polar surface area (TPSA) is 34.2 Å². The standard InChI is InChI=1S/C15H15F3N2O/c1-2-19-10-11-4-3-9-20-14(11)21-13-7-5-12(6-8-13)15(16,17)18/h3-9,19H,2,10H2,1H3. The van der Waals surface area contributed by atoms with E-state index >= 15 is 0 Å². The van der Waals surface area contributed by atoms with Gasteiger partial charge in [-0.3, -0.25) is 0 Å². The Kier molecular flexibility index (Phi) is 4.80. The quantitative estimate of drug-likeness (QED) is 0.905. The average molecular weight is 296 g/mol. The Hall–Kier alpha value is -2.08. The molecule has 1 aromatic heterocycles. The highest BCUT2D eigenvalue weighted by Gasteiger charge is 2.30. The molecule has 0 bridgehead atoms. The van der Waals surface area contributed by atoms with E-state index < -0.39 is 11.7 Å². The van der Waals surface area contributed by atoms with Crippen molar-refractivity contribution in [2.75, 3.05) is 6.54 Å². The molecule has 1 N–H and O–H groups in total. The van der Waals surface area contributed by atoms with Crippen LogP contribution in [-0.4, -0.2) is 11.5 Å². The summed E-state index contributed by atoms with van der Waals surface area (Å²) in [5, 5.41) is 3.15. The molecule has 6 heteroatoms. The molecule has 0 fully saturated rings. The summed E-state index contributed by atoms with van der Waals surface area (Å²) in [6.45, 7) is 3.36. The maximum atomic E-state index is 12.5. The molecule has 0 spiro atoms. The number of nitrogens with zero attached hydrogens (tertiary/aromatic N) is 1. The molecule has 3 nitrogen and oxygen atoms in total. The highest BCUT2D eigenvalue weighted by molar-refractivity contribution is 5.34. The van der Waals surface area contributed by atoms with Crippen LogP contribution < -0.4 is 10.1 Å². The fraction of sp³-hybridized carbons (Fsp3) is 0.267. The van der Waals surface area contributed by atoms with E-state index in [9.17, 15) is 13.2 Å². The second kappa shape index (κ2) is 6.58. The molecule has 0 aliphatic carbocycles. The van der Waals surface area contributed by atoms with Gasteiger partial charge in [0.05, 0.1) is 5.56 Å². The van der Waals surface area contributed by atoms with E-state index in [1.54, 1.807) is 12.3 Å². The normalized spacial score (nSPS) is 11.4. The first kappa shape index (κ1) is 15.3. The number of aromatic nitrogens is 1. The molecule has 0 saturated carbocycles. The maximum absolute atomic E-state index is 12.5. The molecule has 0 unspecified atom stereocenters. The van der Waals surface area contributed by atoms with Crippen LogP contribution in [0.1, 0.15) is 18.1 Å². The van der Waals surface area contributed by atoms with Crippen LogP contribution in [0.4, 0.5) is 13.2 Å². The number of ether oxygens (including phenoxy) is 1. The summed E-state index contributed by atoms with van der Waals surface area (Å²) >= 11 is 0. The largest absolute Gasteiger partial charge is 0.439 e. The second-order valence-electron chi connectivity index (χ2n) is 4.37. The summed E-state index contributed by atoms with van der Waals surface area (Å²) in [6.07, 6.45) is -2.77. The number of nitrogens with one attached hydrogen (secondary N) is 1. The van der Waals surface area contributed by atoms with Crippen molar-refractivity contribution in [3.63, 3.8) is 0 Å². The van der Waals surface area contributed by atoms with Crippen molar-refractivity contribution in [3.05, 3.63) is 53.7 Å². The summed E-state index contributed by atoms with van der Waals surface area (Å²) in [6, 6.07) is 8.19. The lowest BCUT2D eigenvalue weighted by molar-refractivity contribution is -0.137. The fourth-order valence-electron chi connectivity index (χ4n) is 1.73. The third kappa shape index (κ3) is 4.19. The van der Waals surface area contributed by atoms with E-state index in [-0.39, 0.29) is 0 Å². The van der Waals surface area contributed by atoms with Gasteiger partial charge in [-0.2, -0.15) is 13.2 Å². The van der Waals surface area contributed by atoms with Crippen LogP contribution >= 0.6 is 0 Å². The molecule has 0 radical (unpaired) electrons. The zero-order chi connectivity index (χ0) is 15.3. The van der Waals surface area contributed by atoms with Crippen LogP contribution in [0.25, 0.3) is 0 Å². The predicted molar refractivity (Wildman–Crippen MR) is 73.1 cm³/mol. The van der Waals surface area contributed by atoms with Gasteiger partial charge >= 0.3 is 6.18 Å². The van der Waals surface area contributed by atoms with Gasteiger partial charge < -0.3 is 10.1 Å². The first-order chi connectivity index (χ1) is 10.0. The second-order valence-corrected chi connectivity index (χ2v) is 4.37. The van der Waals surface area contributed by atoms with Crippen LogP contribution in [0.3, 0.4) is 0 Å². The number of alkyl halides is 3. The molecule has 0 aliphatic heterocycles. The first-order valence-electron chi connectivity index (χ1n) is 6.50. The number of benzene rings is 1. The Bertz CT molecular complexity index is 582. The minimum Gasteiger partial charge on any atom is -0.439 e. The zero-order valence-electron chi connectivity index (χ0n) is 11.4. The zero-order valence-corrected chi connectivity index (χ0v) is 11.4. The molecule has 0 atom stereocenters. The van der Waals surface area contributed by atoms with Gasteiger partial charge in [-0.25, -0.2) is 4.98 Å². The maximum Gasteiger partial charge on any atom is 0.416 e. The van der Waals surface area contributed by atoms with Gasteiger partial charge in [-0.1, -0.05) is 13.0 Å². The van der Waals surface area contributed by atoms with Gasteiger partial charge in [-0.05, 0) is 36.9 Å². The van der Waals surface area contributed by atoms with Crippen molar-refractivity contribution in [1.29, 1.82) is 0 Å². The van der Waals surface area contributed by atoms with Gasteiger partial charge in [0.2, 0.25) is 5.88 Å². The van der Waals surface area contributed by atoms with E-state index in [2.05, 4.69) is 10.3 Å². The lowest BCUT2D eigenvalue weighted by Crippen LogP contribution is -2.12. The van der Waals surface area contributed by atoms with E-state index in [1.807, 2.05) is 13.0 Å². The molecule has 0 amide bonds. The van der Waals surface area contributed by atoms with Gasteiger partial charge in [0.1, 0.15) is 5.75 Å². The molecule has 21 heavy (non-hydrogen) atoms. The van der Waals surface area contributed by atoms with E-state index in [1.165, 1.54) is 12.1 Å². The Morgan fingerprint density at radius 3 is 2.48 bits per heavy atom. The highest BCUT2D eigenvalue weighted by Crippen LogP contribution is 2.31. The predicted octanol–water partition coefficient (Wildman–Crippen LogP) is 4.00. The van der Waals surface area contributed by atoms with E-state index in [0.29, 0.717) is 18.2 Å². The summed E-state index contributed by atoms with van der Waals surface area (Å²) in [5.74, 6) is 0.706. The van der Waals surface area contributed by atoms with Gasteiger partial charge in [0.25, 0.3) is 0 Å². The van der Waals surface area contributed by atoms with E-state index in [4.69, 9.17) is 4.74 Å². The summed E-state index contributed by atoms with van der Waals surface area (Å²) < 4.78 is 43.0. The molecule has 1 heterocycles. The van der Waals surface area contributed by atoms with Crippen molar-refractivity contribution in [1.82, 2.24) is 10.3 Å². The van der Waals surface area contributed by atoms with Gasteiger partial charge in [0, 0.05) is 18.3 Å². The molecule has 2 rings (SSSR count). The SMILES string of the molecule is CCNCc1cccnc1Oc1ccc(C(F)(F)F)cc1. The molecule has 0 saturated heterocycles. The van der Waals surface area contributed by atoms with E-state index in [0.717, 1.165) is 24.2 Å². The summed E-state index contributed by atoms with van der Waals surface area (Å²) in [5.41, 5.74) is 0.142. The van der Waals surface area contributed by atoms with Crippen molar-refractivity contribution in [2.45, 2.75) is 19.6 Å². The van der Waals surface area contributed by atoms with Gasteiger partial charge in [-0.15, -0.1) is 0 Å². The minimum atomic E-state index is -4.35. The van der Waals surface area contributed by atoms with Crippen molar-refractivity contribution < 1.29 is 17.9 Å².